The molecule has 1 aromatic rings. The zero-order valence-electron chi connectivity index (χ0n) is 16.7. The first-order chi connectivity index (χ1) is 13.9. The summed E-state index contributed by atoms with van der Waals surface area (Å²) in [6.45, 7) is 6.86. The van der Waals surface area contributed by atoms with Crippen LogP contribution in [0.3, 0.4) is 0 Å². The second-order valence-electron chi connectivity index (χ2n) is 7.19. The van der Waals surface area contributed by atoms with Crippen molar-refractivity contribution in [1.29, 1.82) is 0 Å². The largest absolute Gasteiger partial charge is 0.490 e. The number of carbonyl (C=O) groups is 1. The van der Waals surface area contributed by atoms with E-state index >= 15 is 0 Å². The number of benzene rings is 1. The van der Waals surface area contributed by atoms with E-state index in [-0.39, 0.29) is 29.8 Å². The molecule has 0 radical (unpaired) electrons. The van der Waals surface area contributed by atoms with Crippen molar-refractivity contribution >= 4 is 15.9 Å². The molecule has 1 aromatic carbocycles. The molecule has 162 valence electrons. The first-order valence-electron chi connectivity index (χ1n) is 9.93. The number of rotatable bonds is 8. The minimum absolute atomic E-state index is 0.0149. The number of hydrogen-bond donors (Lipinski definition) is 2. The maximum Gasteiger partial charge on any atom is 0.240 e. The van der Waals surface area contributed by atoms with E-state index in [2.05, 4.69) is 14.9 Å². The van der Waals surface area contributed by atoms with Crippen LogP contribution in [-0.4, -0.2) is 77.9 Å². The molecule has 9 nitrogen and oxygen atoms in total. The Labute approximate surface area is 171 Å². The van der Waals surface area contributed by atoms with Gasteiger partial charge < -0.3 is 19.5 Å². The van der Waals surface area contributed by atoms with Gasteiger partial charge in [-0.25, -0.2) is 13.1 Å². The van der Waals surface area contributed by atoms with Gasteiger partial charge in [0, 0.05) is 51.1 Å². The summed E-state index contributed by atoms with van der Waals surface area (Å²) in [7, 11) is -3.74. The lowest BCUT2D eigenvalue weighted by Crippen LogP contribution is -2.46. The van der Waals surface area contributed by atoms with Crippen LogP contribution in [-0.2, 0) is 19.6 Å². The average Bonchev–Trinajstić information content (AvgIpc) is 2.93. The Kier molecular flexibility index (Phi) is 7.70. The Balaban J connectivity index is 1.45. The summed E-state index contributed by atoms with van der Waals surface area (Å²) in [4.78, 5) is 14.4. The Morgan fingerprint density at radius 3 is 2.62 bits per heavy atom. The van der Waals surface area contributed by atoms with Crippen molar-refractivity contribution in [3.63, 3.8) is 0 Å². The van der Waals surface area contributed by atoms with E-state index in [1.54, 1.807) is 6.07 Å². The van der Waals surface area contributed by atoms with Crippen LogP contribution >= 0.6 is 0 Å². The highest BCUT2D eigenvalue weighted by atomic mass is 32.2. The number of hydrogen-bond acceptors (Lipinski definition) is 7. The third-order valence-electron chi connectivity index (χ3n) is 4.72. The molecule has 29 heavy (non-hydrogen) atoms. The van der Waals surface area contributed by atoms with Crippen LogP contribution in [0.2, 0.25) is 0 Å². The molecular weight excluding hydrogens is 398 g/mol. The fourth-order valence-electron chi connectivity index (χ4n) is 3.26. The predicted molar refractivity (Wildman–Crippen MR) is 107 cm³/mol. The zero-order valence-corrected chi connectivity index (χ0v) is 17.5. The van der Waals surface area contributed by atoms with E-state index in [1.807, 2.05) is 6.92 Å². The smallest absolute Gasteiger partial charge is 0.240 e. The van der Waals surface area contributed by atoms with Crippen molar-refractivity contribution in [2.75, 3.05) is 52.6 Å². The molecule has 2 N–H and O–H groups in total. The summed E-state index contributed by atoms with van der Waals surface area (Å²) in [6, 6.07) is 4.50. The van der Waals surface area contributed by atoms with Crippen molar-refractivity contribution in [3.05, 3.63) is 18.2 Å². The third kappa shape index (κ3) is 6.56. The molecule has 10 heteroatoms. The number of amides is 1. The van der Waals surface area contributed by atoms with Crippen LogP contribution in [0.15, 0.2) is 23.1 Å². The normalized spacial score (nSPS) is 18.7. The Morgan fingerprint density at radius 1 is 1.14 bits per heavy atom. The second-order valence-corrected chi connectivity index (χ2v) is 8.96. The molecule has 2 heterocycles. The van der Waals surface area contributed by atoms with Gasteiger partial charge in [-0.2, -0.15) is 0 Å². The Hall–Kier alpha value is -1.88. The molecule has 0 saturated carbocycles. The van der Waals surface area contributed by atoms with Gasteiger partial charge in [-0.3, -0.25) is 9.69 Å². The van der Waals surface area contributed by atoms with E-state index in [1.165, 1.54) is 12.1 Å². The quantitative estimate of drug-likeness (QED) is 0.617. The molecule has 1 unspecified atom stereocenters. The zero-order chi connectivity index (χ0) is 20.7. The van der Waals surface area contributed by atoms with Gasteiger partial charge in [0.1, 0.15) is 0 Å². The standard InChI is InChI=1S/C19H29N3O6S/c1-15(14-22-7-11-26-12-8-22)21-19(23)5-6-20-29(24,25)16-3-4-17-18(13-16)28-10-2-9-27-17/h3-4,13,15,20H,2,5-12,14H2,1H3,(H,21,23). The van der Waals surface area contributed by atoms with Crippen LogP contribution in [0.25, 0.3) is 0 Å². The van der Waals surface area contributed by atoms with Crippen LogP contribution in [0, 0.1) is 0 Å². The Morgan fingerprint density at radius 2 is 1.86 bits per heavy atom. The number of fused-ring (bicyclic) bond motifs is 1. The molecule has 0 bridgehead atoms. The third-order valence-corrected chi connectivity index (χ3v) is 6.18. The van der Waals surface area contributed by atoms with Gasteiger partial charge in [0.05, 0.1) is 31.3 Å². The topological polar surface area (TPSA) is 106 Å². The monoisotopic (exact) mass is 427 g/mol. The molecule has 1 fully saturated rings. The van der Waals surface area contributed by atoms with Gasteiger partial charge in [0.25, 0.3) is 0 Å². The SMILES string of the molecule is CC(CN1CCOCC1)NC(=O)CCNS(=O)(=O)c1ccc2c(c1)OCCCO2. The average molecular weight is 428 g/mol. The van der Waals surface area contributed by atoms with E-state index < -0.39 is 10.0 Å². The summed E-state index contributed by atoms with van der Waals surface area (Å²) >= 11 is 0. The van der Waals surface area contributed by atoms with Gasteiger partial charge in [-0.1, -0.05) is 0 Å². The van der Waals surface area contributed by atoms with Crippen molar-refractivity contribution in [2.24, 2.45) is 0 Å². The van der Waals surface area contributed by atoms with E-state index in [0.717, 1.165) is 26.1 Å². The first kappa shape index (κ1) is 21.8. The summed E-state index contributed by atoms with van der Waals surface area (Å²) in [5, 5.41) is 2.91. The lowest BCUT2D eigenvalue weighted by atomic mass is 10.2. The van der Waals surface area contributed by atoms with Crippen molar-refractivity contribution < 1.29 is 27.4 Å². The van der Waals surface area contributed by atoms with E-state index in [0.29, 0.717) is 37.9 Å². The lowest BCUT2D eigenvalue weighted by Gasteiger charge is -2.29. The fourth-order valence-corrected chi connectivity index (χ4v) is 4.30. The maximum atomic E-state index is 12.5. The summed E-state index contributed by atoms with van der Waals surface area (Å²) in [5.41, 5.74) is 0. The second kappa shape index (κ2) is 10.2. The van der Waals surface area contributed by atoms with Gasteiger partial charge in [0.2, 0.25) is 15.9 Å². The number of nitrogens with zero attached hydrogens (tertiary/aromatic N) is 1. The minimum Gasteiger partial charge on any atom is -0.490 e. The molecular formula is C19H29N3O6S. The van der Waals surface area contributed by atoms with Crippen LogP contribution in [0.4, 0.5) is 0 Å². The van der Waals surface area contributed by atoms with Crippen LogP contribution in [0.1, 0.15) is 19.8 Å². The van der Waals surface area contributed by atoms with Gasteiger partial charge in [-0.05, 0) is 19.1 Å². The highest BCUT2D eigenvalue weighted by molar-refractivity contribution is 7.89. The van der Waals surface area contributed by atoms with Crippen LogP contribution < -0.4 is 19.5 Å². The number of nitrogens with one attached hydrogen (secondary N) is 2. The highest BCUT2D eigenvalue weighted by Crippen LogP contribution is 2.31. The maximum absolute atomic E-state index is 12.5. The number of carbonyl (C=O) groups excluding carboxylic acids is 1. The highest BCUT2D eigenvalue weighted by Gasteiger charge is 2.19. The number of morpholine rings is 1. The lowest BCUT2D eigenvalue weighted by molar-refractivity contribution is -0.121. The minimum atomic E-state index is -3.74. The van der Waals surface area contributed by atoms with Crippen molar-refractivity contribution in [2.45, 2.75) is 30.7 Å². The fraction of sp³-hybridized carbons (Fsp3) is 0.632. The molecule has 2 aliphatic heterocycles. The predicted octanol–water partition coefficient (Wildman–Crippen LogP) is 0.353. The number of ether oxygens (including phenoxy) is 3. The first-order valence-corrected chi connectivity index (χ1v) is 11.4. The summed E-state index contributed by atoms with van der Waals surface area (Å²) < 4.78 is 43.9. The molecule has 2 aliphatic rings. The van der Waals surface area contributed by atoms with Gasteiger partial charge >= 0.3 is 0 Å². The molecule has 0 aliphatic carbocycles. The number of sulfonamides is 1. The van der Waals surface area contributed by atoms with Crippen molar-refractivity contribution in [3.8, 4) is 11.5 Å². The molecule has 0 spiro atoms. The van der Waals surface area contributed by atoms with E-state index in [9.17, 15) is 13.2 Å². The van der Waals surface area contributed by atoms with Gasteiger partial charge in [-0.15, -0.1) is 0 Å². The molecule has 1 amide bonds. The van der Waals surface area contributed by atoms with Crippen LogP contribution in [0.5, 0.6) is 11.5 Å². The van der Waals surface area contributed by atoms with E-state index in [4.69, 9.17) is 14.2 Å². The molecule has 3 rings (SSSR count). The molecule has 1 atom stereocenters. The molecule has 1 saturated heterocycles. The van der Waals surface area contributed by atoms with Crippen molar-refractivity contribution in [1.82, 2.24) is 14.9 Å². The Bertz CT molecular complexity index is 795. The molecule has 0 aromatic heterocycles. The van der Waals surface area contributed by atoms with Gasteiger partial charge in [0.15, 0.2) is 11.5 Å². The summed E-state index contributed by atoms with van der Waals surface area (Å²) in [5.74, 6) is 0.766. The summed E-state index contributed by atoms with van der Waals surface area (Å²) in [6.07, 6.45) is 0.811.